The van der Waals surface area contributed by atoms with Crippen molar-refractivity contribution in [3.8, 4) is 0 Å². The van der Waals surface area contributed by atoms with Gasteiger partial charge in [-0.15, -0.1) is 0 Å². The second kappa shape index (κ2) is 8.53. The molecular formula is C22H26F3NO2. The second-order valence-electron chi connectivity index (χ2n) is 6.93. The fourth-order valence-corrected chi connectivity index (χ4v) is 4.06. The molecule has 6 heteroatoms. The SMILES string of the molecule is CC.OCC1CCC2C(O1)c1cc(C(F)(F)F)ccc1N[C@H]2c1ccccc1. The van der Waals surface area contributed by atoms with Crippen molar-refractivity contribution in [2.24, 2.45) is 5.92 Å². The number of halogens is 3. The van der Waals surface area contributed by atoms with Crippen LogP contribution in [0.25, 0.3) is 0 Å². The van der Waals surface area contributed by atoms with Gasteiger partial charge in [0.25, 0.3) is 0 Å². The number of alkyl halides is 3. The Bertz CT molecular complexity index is 779. The highest BCUT2D eigenvalue weighted by atomic mass is 19.4. The van der Waals surface area contributed by atoms with E-state index in [2.05, 4.69) is 5.32 Å². The number of aliphatic hydroxyl groups excluding tert-OH is 1. The highest BCUT2D eigenvalue weighted by Crippen LogP contribution is 2.51. The molecule has 4 atom stereocenters. The maximum Gasteiger partial charge on any atom is 0.416 e. The molecule has 3 unspecified atom stereocenters. The van der Waals surface area contributed by atoms with E-state index >= 15 is 0 Å². The molecule has 0 aliphatic carbocycles. The summed E-state index contributed by atoms with van der Waals surface area (Å²) >= 11 is 0. The third kappa shape index (κ3) is 4.03. The van der Waals surface area contributed by atoms with Crippen LogP contribution in [0.3, 0.4) is 0 Å². The van der Waals surface area contributed by atoms with Gasteiger partial charge in [0.15, 0.2) is 0 Å². The number of nitrogens with one attached hydrogen (secondary N) is 1. The van der Waals surface area contributed by atoms with Gasteiger partial charge in [-0.25, -0.2) is 0 Å². The smallest absolute Gasteiger partial charge is 0.394 e. The van der Waals surface area contributed by atoms with Gasteiger partial charge < -0.3 is 15.2 Å². The lowest BCUT2D eigenvalue weighted by Crippen LogP contribution is -2.40. The first-order valence-electron chi connectivity index (χ1n) is 9.76. The van der Waals surface area contributed by atoms with E-state index in [-0.39, 0.29) is 24.7 Å². The number of anilines is 1. The van der Waals surface area contributed by atoms with E-state index in [0.29, 0.717) is 17.7 Å². The summed E-state index contributed by atoms with van der Waals surface area (Å²) in [6, 6.07) is 13.6. The van der Waals surface area contributed by atoms with Gasteiger partial charge in [-0.2, -0.15) is 13.2 Å². The van der Waals surface area contributed by atoms with Crippen LogP contribution < -0.4 is 5.32 Å². The molecule has 2 aliphatic rings. The molecule has 2 N–H and O–H groups in total. The van der Waals surface area contributed by atoms with E-state index in [1.165, 1.54) is 12.1 Å². The largest absolute Gasteiger partial charge is 0.416 e. The van der Waals surface area contributed by atoms with Crippen LogP contribution >= 0.6 is 0 Å². The third-order valence-electron chi connectivity index (χ3n) is 5.34. The van der Waals surface area contributed by atoms with Crippen LogP contribution in [0.1, 0.15) is 55.5 Å². The van der Waals surface area contributed by atoms with Crippen molar-refractivity contribution in [2.75, 3.05) is 11.9 Å². The molecule has 1 fully saturated rings. The van der Waals surface area contributed by atoms with E-state index in [4.69, 9.17) is 4.74 Å². The lowest BCUT2D eigenvalue weighted by atomic mass is 9.76. The first-order chi connectivity index (χ1) is 13.5. The standard InChI is InChI=1S/C20H20F3NO2.C2H6/c21-20(22,23)13-6-9-17-16(10-13)19-15(8-7-14(11-25)26-19)18(24-17)12-4-2-1-3-5-12;1-2/h1-6,9-10,14-15,18-19,24-25H,7-8,11H2;1-2H3/t14?,15?,18-,19?;/m0./s1. The molecule has 0 spiro atoms. The van der Waals surface area contributed by atoms with Crippen LogP contribution in [0, 0.1) is 5.92 Å². The number of hydrogen-bond acceptors (Lipinski definition) is 3. The molecule has 0 radical (unpaired) electrons. The van der Waals surface area contributed by atoms with Gasteiger partial charge in [-0.05, 0) is 36.6 Å². The minimum absolute atomic E-state index is 0.0104. The Kier molecular flexibility index (Phi) is 6.30. The summed E-state index contributed by atoms with van der Waals surface area (Å²) in [5.41, 5.74) is 1.59. The summed E-state index contributed by atoms with van der Waals surface area (Å²) in [5.74, 6) is 0.0104. The maximum atomic E-state index is 13.2. The third-order valence-corrected chi connectivity index (χ3v) is 5.34. The zero-order valence-electron chi connectivity index (χ0n) is 16.0. The molecule has 0 amide bonds. The Morgan fingerprint density at radius 1 is 1.07 bits per heavy atom. The van der Waals surface area contributed by atoms with Gasteiger partial charge in [0.1, 0.15) is 0 Å². The Labute approximate surface area is 163 Å². The van der Waals surface area contributed by atoms with Crippen LogP contribution in [-0.4, -0.2) is 17.8 Å². The van der Waals surface area contributed by atoms with Gasteiger partial charge in [0, 0.05) is 17.2 Å². The van der Waals surface area contributed by atoms with Crippen LogP contribution in [0.15, 0.2) is 48.5 Å². The Morgan fingerprint density at radius 3 is 2.43 bits per heavy atom. The molecule has 0 aromatic heterocycles. The lowest BCUT2D eigenvalue weighted by Gasteiger charge is -2.45. The van der Waals surface area contributed by atoms with E-state index in [1.54, 1.807) is 0 Å². The fraction of sp³-hybridized carbons (Fsp3) is 0.455. The average Bonchev–Trinajstić information content (AvgIpc) is 2.73. The monoisotopic (exact) mass is 393 g/mol. The highest BCUT2D eigenvalue weighted by molar-refractivity contribution is 5.58. The number of ether oxygens (including phenoxy) is 1. The van der Waals surface area contributed by atoms with Crippen LogP contribution in [0.2, 0.25) is 0 Å². The molecule has 2 aromatic rings. The summed E-state index contributed by atoms with van der Waals surface area (Å²) in [5, 5.41) is 12.9. The molecule has 152 valence electrons. The van der Waals surface area contributed by atoms with E-state index < -0.39 is 17.8 Å². The molecule has 3 nitrogen and oxygen atoms in total. The highest BCUT2D eigenvalue weighted by Gasteiger charge is 2.43. The molecular weight excluding hydrogens is 367 g/mol. The molecule has 2 aliphatic heterocycles. The molecule has 0 bridgehead atoms. The van der Waals surface area contributed by atoms with Gasteiger partial charge in [-0.1, -0.05) is 44.2 Å². The summed E-state index contributed by atoms with van der Waals surface area (Å²) in [6.45, 7) is 3.88. The summed E-state index contributed by atoms with van der Waals surface area (Å²) in [4.78, 5) is 0. The Balaban J connectivity index is 0.00000109. The normalized spacial score (nSPS) is 26.2. The topological polar surface area (TPSA) is 41.5 Å². The van der Waals surface area contributed by atoms with Crippen molar-refractivity contribution in [1.29, 1.82) is 0 Å². The average molecular weight is 393 g/mol. The number of fused-ring (bicyclic) bond motifs is 3. The molecule has 28 heavy (non-hydrogen) atoms. The quantitative estimate of drug-likeness (QED) is 0.685. The molecule has 1 saturated heterocycles. The van der Waals surface area contributed by atoms with Crippen molar-refractivity contribution < 1.29 is 23.0 Å². The number of benzene rings is 2. The summed E-state index contributed by atoms with van der Waals surface area (Å²) in [6.07, 6.45) is -3.74. The first kappa shape index (κ1) is 20.7. The van der Waals surface area contributed by atoms with Crippen LogP contribution in [-0.2, 0) is 10.9 Å². The van der Waals surface area contributed by atoms with Crippen molar-refractivity contribution in [1.82, 2.24) is 0 Å². The van der Waals surface area contributed by atoms with E-state index in [0.717, 1.165) is 18.1 Å². The van der Waals surface area contributed by atoms with Gasteiger partial charge in [0.2, 0.25) is 0 Å². The number of rotatable bonds is 2. The lowest BCUT2D eigenvalue weighted by molar-refractivity contribution is -0.138. The Hall–Kier alpha value is -2.05. The van der Waals surface area contributed by atoms with Crippen LogP contribution in [0.5, 0.6) is 0 Å². The second-order valence-corrected chi connectivity index (χ2v) is 6.93. The predicted octanol–water partition coefficient (Wildman–Crippen LogP) is 5.73. The molecule has 4 rings (SSSR count). The van der Waals surface area contributed by atoms with Crippen molar-refractivity contribution >= 4 is 5.69 Å². The molecule has 2 aromatic carbocycles. The van der Waals surface area contributed by atoms with E-state index in [1.807, 2.05) is 44.2 Å². The van der Waals surface area contributed by atoms with Crippen LogP contribution in [0.4, 0.5) is 18.9 Å². The van der Waals surface area contributed by atoms with Crippen molar-refractivity contribution in [3.63, 3.8) is 0 Å². The summed E-state index contributed by atoms with van der Waals surface area (Å²) < 4.78 is 45.5. The predicted molar refractivity (Wildman–Crippen MR) is 103 cm³/mol. The zero-order valence-corrected chi connectivity index (χ0v) is 16.0. The minimum atomic E-state index is -4.40. The van der Waals surface area contributed by atoms with Gasteiger partial charge >= 0.3 is 6.18 Å². The van der Waals surface area contributed by atoms with Crippen molar-refractivity contribution in [2.45, 2.75) is 51.1 Å². The zero-order chi connectivity index (χ0) is 20.3. The molecule has 0 saturated carbocycles. The van der Waals surface area contributed by atoms with Gasteiger partial charge in [-0.3, -0.25) is 0 Å². The number of aliphatic hydroxyl groups is 1. The fourth-order valence-electron chi connectivity index (χ4n) is 4.06. The van der Waals surface area contributed by atoms with Gasteiger partial charge in [0.05, 0.1) is 30.4 Å². The Morgan fingerprint density at radius 2 is 1.79 bits per heavy atom. The summed E-state index contributed by atoms with van der Waals surface area (Å²) in [7, 11) is 0. The maximum absolute atomic E-state index is 13.2. The van der Waals surface area contributed by atoms with E-state index in [9.17, 15) is 18.3 Å². The van der Waals surface area contributed by atoms with Crippen molar-refractivity contribution in [3.05, 3.63) is 65.2 Å². The molecule has 2 heterocycles. The number of hydrogen-bond donors (Lipinski definition) is 2. The minimum Gasteiger partial charge on any atom is -0.394 e. The first-order valence-corrected chi connectivity index (χ1v) is 9.76.